The molecule has 4 aromatic rings. The molecule has 0 bridgehead atoms. The third-order valence-electron chi connectivity index (χ3n) is 3.80. The number of hydrogen-bond donors (Lipinski definition) is 0. The van der Waals surface area contributed by atoms with Crippen molar-refractivity contribution in [2.24, 2.45) is 0 Å². The summed E-state index contributed by atoms with van der Waals surface area (Å²) in [5.74, 6) is -0.755. The third-order valence-corrected chi connectivity index (χ3v) is 5.00. The smallest absolute Gasteiger partial charge is 0.250 e. The lowest BCUT2D eigenvalue weighted by Crippen LogP contribution is -2.09. The van der Waals surface area contributed by atoms with Gasteiger partial charge in [0.25, 0.3) is 5.78 Å². The quantitative estimate of drug-likeness (QED) is 0.494. The fourth-order valence-corrected chi connectivity index (χ4v) is 3.55. The van der Waals surface area contributed by atoms with E-state index in [1.807, 2.05) is 30.3 Å². The highest BCUT2D eigenvalue weighted by Crippen LogP contribution is 2.30. The Bertz CT molecular complexity index is 1080. The molecular weight excluding hydrogens is 352 g/mol. The van der Waals surface area contributed by atoms with Gasteiger partial charge in [-0.05, 0) is 19.1 Å². The van der Waals surface area contributed by atoms with E-state index in [1.165, 1.54) is 29.9 Å². The molecule has 4 rings (SSSR count). The van der Waals surface area contributed by atoms with Crippen molar-refractivity contribution in [1.82, 2.24) is 10.1 Å². The van der Waals surface area contributed by atoms with E-state index in [0.29, 0.717) is 10.6 Å². The molecule has 0 unspecified atom stereocenters. The van der Waals surface area contributed by atoms with E-state index in [1.54, 1.807) is 13.0 Å². The van der Waals surface area contributed by atoms with Gasteiger partial charge in [0.2, 0.25) is 5.78 Å². The lowest BCUT2D eigenvalue weighted by atomic mass is 10.1. The topological polar surface area (TPSA) is 86.2 Å². The zero-order valence-corrected chi connectivity index (χ0v) is 14.4. The molecular formula is C19H12N2O4S. The van der Waals surface area contributed by atoms with Crippen LogP contribution in [0.15, 0.2) is 63.9 Å². The van der Waals surface area contributed by atoms with Gasteiger partial charge in [-0.25, -0.2) is 4.98 Å². The highest BCUT2D eigenvalue weighted by Gasteiger charge is 2.28. The lowest BCUT2D eigenvalue weighted by molar-refractivity contribution is 0.0984. The molecule has 0 radical (unpaired) electrons. The van der Waals surface area contributed by atoms with Crippen molar-refractivity contribution < 1.29 is 18.5 Å². The van der Waals surface area contributed by atoms with E-state index < -0.39 is 5.78 Å². The number of nitrogens with zero attached hydrogens (tertiary/aromatic N) is 2. The SMILES string of the molecule is Cc1nc(-c2ccccc2)sc1C(=O)c1conc1C(=O)c1ccco1. The molecule has 6 nitrogen and oxygen atoms in total. The Labute approximate surface area is 152 Å². The summed E-state index contributed by atoms with van der Waals surface area (Å²) in [5, 5.41) is 4.43. The fourth-order valence-electron chi connectivity index (χ4n) is 2.52. The van der Waals surface area contributed by atoms with Crippen LogP contribution in [-0.2, 0) is 0 Å². The normalized spacial score (nSPS) is 10.8. The predicted molar refractivity (Wildman–Crippen MR) is 94.4 cm³/mol. The van der Waals surface area contributed by atoms with Crippen molar-refractivity contribution in [3.8, 4) is 10.6 Å². The van der Waals surface area contributed by atoms with Crippen molar-refractivity contribution in [1.29, 1.82) is 0 Å². The van der Waals surface area contributed by atoms with Gasteiger partial charge in [0.15, 0.2) is 11.5 Å². The summed E-state index contributed by atoms with van der Waals surface area (Å²) in [7, 11) is 0. The molecule has 0 aliphatic heterocycles. The number of carbonyl (C=O) groups excluding carboxylic acids is 2. The predicted octanol–water partition coefficient (Wildman–Crippen LogP) is 4.16. The molecule has 1 aromatic carbocycles. The standard InChI is InChI=1S/C19H12N2O4S/c1-11-18(26-19(20-11)12-6-3-2-4-7-12)16(22)13-10-25-21-15(13)17(23)14-8-5-9-24-14/h2-10H,1H3. The van der Waals surface area contributed by atoms with Crippen LogP contribution >= 0.6 is 11.3 Å². The second kappa shape index (κ2) is 6.53. The molecule has 26 heavy (non-hydrogen) atoms. The fraction of sp³-hybridized carbons (Fsp3) is 0.0526. The van der Waals surface area contributed by atoms with E-state index in [9.17, 15) is 9.59 Å². The minimum atomic E-state index is -0.502. The highest BCUT2D eigenvalue weighted by molar-refractivity contribution is 7.17. The average molecular weight is 364 g/mol. The number of carbonyl (C=O) groups is 2. The van der Waals surface area contributed by atoms with Crippen LogP contribution in [0.25, 0.3) is 10.6 Å². The van der Waals surface area contributed by atoms with Crippen LogP contribution in [0.1, 0.15) is 37.2 Å². The average Bonchev–Trinajstić information content (AvgIpc) is 3.41. The highest BCUT2D eigenvalue weighted by atomic mass is 32.1. The third kappa shape index (κ3) is 2.78. The van der Waals surface area contributed by atoms with Crippen LogP contribution in [0, 0.1) is 6.92 Å². The van der Waals surface area contributed by atoms with Crippen molar-refractivity contribution in [2.45, 2.75) is 6.92 Å². The van der Waals surface area contributed by atoms with Gasteiger partial charge in [-0.3, -0.25) is 9.59 Å². The van der Waals surface area contributed by atoms with Crippen LogP contribution in [0.3, 0.4) is 0 Å². The molecule has 0 saturated heterocycles. The number of aryl methyl sites for hydroxylation is 1. The van der Waals surface area contributed by atoms with Crippen molar-refractivity contribution in [3.05, 3.63) is 82.6 Å². The summed E-state index contributed by atoms with van der Waals surface area (Å²) in [6.45, 7) is 1.76. The molecule has 0 atom stereocenters. The van der Waals surface area contributed by atoms with Crippen molar-refractivity contribution in [2.75, 3.05) is 0 Å². The Morgan fingerprint density at radius 1 is 1.04 bits per heavy atom. The summed E-state index contributed by atoms with van der Waals surface area (Å²) in [5.41, 5.74) is 1.55. The minimum absolute atomic E-state index is 0.0704. The van der Waals surface area contributed by atoms with Crippen LogP contribution in [0.2, 0.25) is 0 Å². The van der Waals surface area contributed by atoms with E-state index in [4.69, 9.17) is 8.94 Å². The number of hydrogen-bond acceptors (Lipinski definition) is 7. The van der Waals surface area contributed by atoms with Gasteiger partial charge in [0.1, 0.15) is 11.3 Å². The van der Waals surface area contributed by atoms with Gasteiger partial charge in [0, 0.05) is 5.56 Å². The summed E-state index contributed by atoms with van der Waals surface area (Å²) in [4.78, 5) is 30.3. The second-order valence-corrected chi connectivity index (χ2v) is 6.51. The van der Waals surface area contributed by atoms with Crippen LogP contribution in [-0.4, -0.2) is 21.7 Å². The molecule has 0 aliphatic rings. The summed E-state index contributed by atoms with van der Waals surface area (Å²) < 4.78 is 9.98. The molecule has 7 heteroatoms. The Balaban J connectivity index is 1.71. The molecule has 0 amide bonds. The first kappa shape index (κ1) is 16.2. The molecule has 0 spiro atoms. The van der Waals surface area contributed by atoms with Gasteiger partial charge in [-0.1, -0.05) is 35.5 Å². The minimum Gasteiger partial charge on any atom is -0.461 e. The number of furan rings is 1. The summed E-state index contributed by atoms with van der Waals surface area (Å²) in [6, 6.07) is 12.7. The zero-order valence-electron chi connectivity index (χ0n) is 13.6. The molecule has 0 aliphatic carbocycles. The Morgan fingerprint density at radius 3 is 2.58 bits per heavy atom. The second-order valence-electron chi connectivity index (χ2n) is 5.51. The van der Waals surface area contributed by atoms with E-state index in [2.05, 4.69) is 10.1 Å². The van der Waals surface area contributed by atoms with Crippen LogP contribution < -0.4 is 0 Å². The largest absolute Gasteiger partial charge is 0.461 e. The maximum atomic E-state index is 13.0. The van der Waals surface area contributed by atoms with Gasteiger partial charge in [-0.15, -0.1) is 11.3 Å². The number of benzene rings is 1. The Hall–Kier alpha value is -3.32. The van der Waals surface area contributed by atoms with Crippen molar-refractivity contribution >= 4 is 22.9 Å². The van der Waals surface area contributed by atoms with E-state index >= 15 is 0 Å². The molecule has 0 fully saturated rings. The molecule has 0 N–H and O–H groups in total. The van der Waals surface area contributed by atoms with Gasteiger partial charge in [-0.2, -0.15) is 0 Å². The van der Waals surface area contributed by atoms with E-state index in [0.717, 1.165) is 10.6 Å². The van der Waals surface area contributed by atoms with Gasteiger partial charge in [0.05, 0.1) is 22.4 Å². The van der Waals surface area contributed by atoms with E-state index in [-0.39, 0.29) is 22.8 Å². The van der Waals surface area contributed by atoms with Crippen LogP contribution in [0.4, 0.5) is 0 Å². The first-order valence-electron chi connectivity index (χ1n) is 7.75. The number of rotatable bonds is 5. The zero-order chi connectivity index (χ0) is 18.1. The van der Waals surface area contributed by atoms with Gasteiger partial charge < -0.3 is 8.94 Å². The monoisotopic (exact) mass is 364 g/mol. The molecule has 128 valence electrons. The number of ketones is 2. The first-order chi connectivity index (χ1) is 12.6. The first-order valence-corrected chi connectivity index (χ1v) is 8.57. The molecule has 3 aromatic heterocycles. The number of aromatic nitrogens is 2. The maximum absolute atomic E-state index is 13.0. The number of thiazole rings is 1. The summed E-state index contributed by atoms with van der Waals surface area (Å²) >= 11 is 1.27. The maximum Gasteiger partial charge on any atom is 0.250 e. The molecule has 0 saturated carbocycles. The lowest BCUT2D eigenvalue weighted by Gasteiger charge is -1.97. The Morgan fingerprint density at radius 2 is 1.85 bits per heavy atom. The Kier molecular flexibility index (Phi) is 4.06. The van der Waals surface area contributed by atoms with Crippen LogP contribution in [0.5, 0.6) is 0 Å². The van der Waals surface area contributed by atoms with Crippen molar-refractivity contribution in [3.63, 3.8) is 0 Å². The van der Waals surface area contributed by atoms with Gasteiger partial charge >= 0.3 is 0 Å². The molecule has 3 heterocycles. The summed E-state index contributed by atoms with van der Waals surface area (Å²) in [6.07, 6.45) is 2.56.